The molecule has 0 heterocycles. The van der Waals surface area contributed by atoms with Gasteiger partial charge in [0.15, 0.2) is 0 Å². The molecule has 38 heavy (non-hydrogen) atoms. The molecule has 2 N–H and O–H groups in total. The van der Waals surface area contributed by atoms with Crippen molar-refractivity contribution in [1.82, 2.24) is 0 Å². The van der Waals surface area contributed by atoms with Gasteiger partial charge in [-0.3, -0.25) is 19.2 Å². The molecule has 0 fully saturated rings. The summed E-state index contributed by atoms with van der Waals surface area (Å²) in [5.74, 6) is -5.36. The first-order valence-corrected chi connectivity index (χ1v) is 13.1. The van der Waals surface area contributed by atoms with Gasteiger partial charge >= 0.3 is 35.8 Å². The molecule has 0 aliphatic heterocycles. The quantitative estimate of drug-likeness (QED) is 0.109. The maximum absolute atomic E-state index is 11.8. The maximum Gasteiger partial charge on any atom is 0.326 e. The second-order valence-electron chi connectivity index (χ2n) is 8.69. The van der Waals surface area contributed by atoms with Crippen LogP contribution in [0.15, 0.2) is 0 Å². The molecule has 0 radical (unpaired) electrons. The molecule has 0 bridgehead atoms. The molecule has 0 saturated carbocycles. The topological polar surface area (TPSA) is 164 Å². The van der Waals surface area contributed by atoms with Crippen LogP contribution in [0.3, 0.4) is 0 Å². The van der Waals surface area contributed by atoms with Gasteiger partial charge in [0.25, 0.3) is 0 Å². The Balaban J connectivity index is 0. The van der Waals surface area contributed by atoms with Gasteiger partial charge in [-0.1, -0.05) is 26.7 Å². The number of methoxy groups -OCH3 is 2. The van der Waals surface area contributed by atoms with Crippen molar-refractivity contribution < 1.29 is 57.8 Å². The molecule has 12 nitrogen and oxygen atoms in total. The maximum atomic E-state index is 11.8. The van der Waals surface area contributed by atoms with Crippen molar-refractivity contribution in [3.63, 3.8) is 0 Å². The van der Waals surface area contributed by atoms with E-state index in [1.54, 1.807) is 6.92 Å². The van der Waals surface area contributed by atoms with Crippen molar-refractivity contribution in [1.29, 1.82) is 0 Å². The highest BCUT2D eigenvalue weighted by Gasteiger charge is 2.31. The Bertz CT molecular complexity index is 651. The van der Waals surface area contributed by atoms with Crippen molar-refractivity contribution in [3.8, 4) is 0 Å². The summed E-state index contributed by atoms with van der Waals surface area (Å²) < 4.78 is 31.1. The minimum absolute atomic E-state index is 0.0547. The highest BCUT2D eigenvalue weighted by molar-refractivity contribution is 5.70. The fourth-order valence-electron chi connectivity index (χ4n) is 2.68. The van der Waals surface area contributed by atoms with Gasteiger partial charge in [-0.15, -0.1) is 0 Å². The summed E-state index contributed by atoms with van der Waals surface area (Å²) in [6.07, 6.45) is 5.96. The zero-order valence-electron chi connectivity index (χ0n) is 23.9. The van der Waals surface area contributed by atoms with Crippen molar-refractivity contribution in [2.75, 3.05) is 27.4 Å². The number of carboxylic acids is 2. The van der Waals surface area contributed by atoms with Crippen molar-refractivity contribution in [2.45, 2.75) is 117 Å². The lowest BCUT2D eigenvalue weighted by molar-refractivity contribution is -0.352. The lowest BCUT2D eigenvalue weighted by atomic mass is 10.2. The van der Waals surface area contributed by atoms with E-state index >= 15 is 0 Å². The Labute approximate surface area is 226 Å². The summed E-state index contributed by atoms with van der Waals surface area (Å²) in [4.78, 5) is 43.7. The molecule has 0 aromatic rings. The second kappa shape index (κ2) is 22.7. The molecule has 0 aliphatic rings. The first-order chi connectivity index (χ1) is 17.9. The van der Waals surface area contributed by atoms with Gasteiger partial charge in [0.2, 0.25) is 0 Å². The van der Waals surface area contributed by atoms with Gasteiger partial charge in [0.05, 0.1) is 13.2 Å². The van der Waals surface area contributed by atoms with Crippen LogP contribution in [0, 0.1) is 0 Å². The van der Waals surface area contributed by atoms with Crippen LogP contribution < -0.4 is 0 Å². The monoisotopic (exact) mass is 552 g/mol. The van der Waals surface area contributed by atoms with E-state index in [-0.39, 0.29) is 25.7 Å². The van der Waals surface area contributed by atoms with E-state index in [1.807, 2.05) is 13.8 Å². The van der Waals surface area contributed by atoms with Crippen molar-refractivity contribution in [2.24, 2.45) is 0 Å². The molecule has 0 unspecified atom stereocenters. The Morgan fingerprint density at radius 1 is 0.579 bits per heavy atom. The number of unbranched alkanes of at least 4 members (excludes halogenated alkanes) is 4. The number of esters is 2. The molecule has 0 aromatic carbocycles. The first-order valence-electron chi connectivity index (χ1n) is 13.1. The van der Waals surface area contributed by atoms with E-state index in [1.165, 1.54) is 21.1 Å². The van der Waals surface area contributed by atoms with Gasteiger partial charge in [-0.25, -0.2) is 0 Å². The van der Waals surface area contributed by atoms with E-state index in [0.29, 0.717) is 38.9 Å². The lowest BCUT2D eigenvalue weighted by Crippen LogP contribution is -2.38. The molecule has 0 aromatic heterocycles. The summed E-state index contributed by atoms with van der Waals surface area (Å²) in [5, 5.41) is 16.9. The molecule has 0 saturated heterocycles. The first kappa shape index (κ1) is 37.9. The van der Waals surface area contributed by atoms with Crippen molar-refractivity contribution >= 4 is 23.9 Å². The third-order valence-electron chi connectivity index (χ3n) is 5.11. The molecule has 0 aliphatic carbocycles. The molecular formula is C26H48O12. The van der Waals surface area contributed by atoms with E-state index < -0.39 is 35.8 Å². The predicted molar refractivity (Wildman–Crippen MR) is 137 cm³/mol. The van der Waals surface area contributed by atoms with Gasteiger partial charge in [-0.2, -0.15) is 0 Å². The van der Waals surface area contributed by atoms with Crippen LogP contribution in [0.25, 0.3) is 0 Å². The Morgan fingerprint density at radius 2 is 0.921 bits per heavy atom. The van der Waals surface area contributed by atoms with E-state index in [4.69, 9.17) is 38.6 Å². The van der Waals surface area contributed by atoms with Crippen LogP contribution >= 0.6 is 0 Å². The summed E-state index contributed by atoms with van der Waals surface area (Å²) in [5.41, 5.74) is 0. The number of rotatable bonds is 22. The molecule has 0 amide bonds. The van der Waals surface area contributed by atoms with Crippen LogP contribution in [-0.2, 0) is 47.6 Å². The molecule has 12 heteroatoms. The lowest BCUT2D eigenvalue weighted by Gasteiger charge is -2.29. The van der Waals surface area contributed by atoms with Crippen LogP contribution in [-0.4, -0.2) is 73.5 Å². The van der Waals surface area contributed by atoms with E-state index in [2.05, 4.69) is 0 Å². The Hall–Kier alpha value is -2.28. The minimum atomic E-state index is -1.37. The molecule has 0 rings (SSSR count). The highest BCUT2D eigenvalue weighted by Crippen LogP contribution is 2.18. The number of carboxylic acid groups (broad SMARTS) is 2. The molecule has 0 spiro atoms. The van der Waals surface area contributed by atoms with Crippen LogP contribution in [0.5, 0.6) is 0 Å². The number of ether oxygens (including phenoxy) is 6. The summed E-state index contributed by atoms with van der Waals surface area (Å²) in [7, 11) is 2.72. The normalized spacial score (nSPS) is 11.3. The van der Waals surface area contributed by atoms with Crippen LogP contribution in [0.2, 0.25) is 0 Å². The minimum Gasteiger partial charge on any atom is -0.481 e. The molecular weight excluding hydrogens is 504 g/mol. The SMILES string of the molecule is CCCCOC(C)(OCCCC)OC(=O)CCCCC(=O)O.COC(C)(OC)OC(=O)CCCCC(=O)O. The molecule has 0 atom stereocenters. The Kier molecular flexibility index (Phi) is 22.6. The van der Waals surface area contributed by atoms with E-state index in [9.17, 15) is 19.2 Å². The standard InChI is InChI=1S/C16H30O6.C10H18O6/c1-4-6-12-20-16(3,21-13-7-5-2)22-15(19)11-9-8-10-14(17)18;1-10(14-2,15-3)16-9(13)7-5-4-6-8(11)12/h4-13H2,1-3H3,(H,17,18);4-7H2,1-3H3,(H,11,12). The smallest absolute Gasteiger partial charge is 0.326 e. The number of carbonyl (C=O) groups is 4. The number of hydrogen-bond donors (Lipinski definition) is 2. The fraction of sp³-hybridized carbons (Fsp3) is 0.846. The second-order valence-corrected chi connectivity index (χ2v) is 8.69. The van der Waals surface area contributed by atoms with Crippen LogP contribution in [0.4, 0.5) is 0 Å². The van der Waals surface area contributed by atoms with Gasteiger partial charge in [0, 0.05) is 53.8 Å². The number of hydrogen-bond acceptors (Lipinski definition) is 10. The average molecular weight is 553 g/mol. The van der Waals surface area contributed by atoms with E-state index in [0.717, 1.165) is 25.7 Å². The summed E-state index contributed by atoms with van der Waals surface area (Å²) >= 11 is 0. The zero-order valence-corrected chi connectivity index (χ0v) is 23.9. The molecule has 224 valence electrons. The van der Waals surface area contributed by atoms with Gasteiger partial charge < -0.3 is 38.6 Å². The number of carbonyl (C=O) groups excluding carboxylic acids is 2. The van der Waals surface area contributed by atoms with Gasteiger partial charge in [-0.05, 0) is 38.5 Å². The fourth-order valence-corrected chi connectivity index (χ4v) is 2.68. The van der Waals surface area contributed by atoms with Gasteiger partial charge in [0.1, 0.15) is 0 Å². The summed E-state index contributed by atoms with van der Waals surface area (Å²) in [6, 6.07) is 0. The van der Waals surface area contributed by atoms with Crippen LogP contribution in [0.1, 0.15) is 105 Å². The third-order valence-corrected chi connectivity index (χ3v) is 5.11. The largest absolute Gasteiger partial charge is 0.481 e. The zero-order chi connectivity index (χ0) is 29.5. The average Bonchev–Trinajstić information content (AvgIpc) is 2.85. The summed E-state index contributed by atoms with van der Waals surface area (Å²) in [6.45, 7) is 8.10. The Morgan fingerprint density at radius 3 is 1.24 bits per heavy atom. The predicted octanol–water partition coefficient (Wildman–Crippen LogP) is 4.62. The highest BCUT2D eigenvalue weighted by atomic mass is 16.9. The third kappa shape index (κ3) is 22.9. The number of aliphatic carboxylic acids is 2. The van der Waals surface area contributed by atoms with Crippen molar-refractivity contribution in [3.05, 3.63) is 0 Å².